The molecule has 3 nitrogen and oxygen atoms in total. The summed E-state index contributed by atoms with van der Waals surface area (Å²) in [6.45, 7) is -0.0862. The van der Waals surface area contributed by atoms with Gasteiger partial charge < -0.3 is 10.7 Å². The topological polar surface area (TPSA) is 54.7 Å². The first-order valence-electron chi connectivity index (χ1n) is 4.06. The fourth-order valence-corrected chi connectivity index (χ4v) is 1.42. The maximum absolute atomic E-state index is 12.4. The molecular formula is C9H10FN3. The Morgan fingerprint density at radius 1 is 1.46 bits per heavy atom. The number of alkyl halides is 1. The molecule has 0 amide bonds. The van der Waals surface area contributed by atoms with E-state index < -0.39 is 6.67 Å². The first-order chi connectivity index (χ1) is 6.35. The number of halogens is 1. The van der Waals surface area contributed by atoms with Crippen LogP contribution in [0.5, 0.6) is 0 Å². The summed E-state index contributed by atoms with van der Waals surface area (Å²) in [6, 6.07) is 3.50. The number of H-pyrrole nitrogens is 1. The molecule has 3 N–H and O–H groups in total. The molecule has 0 unspecified atom stereocenters. The minimum Gasteiger partial charge on any atom is -0.345 e. The van der Waals surface area contributed by atoms with E-state index in [9.17, 15) is 4.39 Å². The molecule has 0 saturated heterocycles. The number of benzene rings is 1. The van der Waals surface area contributed by atoms with Gasteiger partial charge in [0.1, 0.15) is 6.67 Å². The predicted octanol–water partition coefficient (Wildman–Crippen LogP) is 1.49. The van der Waals surface area contributed by atoms with E-state index >= 15 is 0 Å². The van der Waals surface area contributed by atoms with Crippen molar-refractivity contribution in [1.82, 2.24) is 9.97 Å². The first kappa shape index (κ1) is 8.19. The minimum absolute atomic E-state index is 0.384. The van der Waals surface area contributed by atoms with Crippen molar-refractivity contribution in [3.63, 3.8) is 0 Å². The molecule has 0 saturated carbocycles. The predicted molar refractivity (Wildman–Crippen MR) is 48.8 cm³/mol. The Kier molecular flexibility index (Phi) is 1.98. The van der Waals surface area contributed by atoms with Crippen LogP contribution in [0.25, 0.3) is 11.0 Å². The van der Waals surface area contributed by atoms with Crippen LogP contribution in [-0.2, 0) is 13.2 Å². The van der Waals surface area contributed by atoms with Crippen molar-refractivity contribution >= 4 is 11.0 Å². The molecule has 0 spiro atoms. The summed E-state index contributed by atoms with van der Waals surface area (Å²) >= 11 is 0. The summed E-state index contributed by atoms with van der Waals surface area (Å²) < 4.78 is 12.4. The average Bonchev–Trinajstić information content (AvgIpc) is 2.63. The van der Waals surface area contributed by atoms with Gasteiger partial charge in [0.25, 0.3) is 0 Å². The third-order valence-corrected chi connectivity index (χ3v) is 2.04. The van der Waals surface area contributed by atoms with Gasteiger partial charge in [-0.2, -0.15) is 0 Å². The number of rotatable bonds is 2. The van der Waals surface area contributed by atoms with Crippen molar-refractivity contribution in [1.29, 1.82) is 0 Å². The molecule has 0 aliphatic rings. The van der Waals surface area contributed by atoms with E-state index in [-0.39, 0.29) is 0 Å². The zero-order valence-corrected chi connectivity index (χ0v) is 7.05. The average molecular weight is 179 g/mol. The Bertz CT molecular complexity index is 422. The molecule has 0 radical (unpaired) electrons. The third kappa shape index (κ3) is 1.29. The second kappa shape index (κ2) is 3.14. The summed E-state index contributed by atoms with van der Waals surface area (Å²) in [7, 11) is 0. The number of nitrogens with two attached hydrogens (primary N) is 1. The van der Waals surface area contributed by atoms with Gasteiger partial charge in [-0.3, -0.25) is 0 Å². The van der Waals surface area contributed by atoms with Crippen LogP contribution in [0.1, 0.15) is 11.1 Å². The SMILES string of the molecule is NCc1cc(CF)cc2[nH]cnc12. The highest BCUT2D eigenvalue weighted by Gasteiger charge is 2.04. The van der Waals surface area contributed by atoms with E-state index in [1.807, 2.05) is 0 Å². The number of nitrogens with one attached hydrogen (secondary N) is 1. The molecule has 0 bridgehead atoms. The smallest absolute Gasteiger partial charge is 0.115 e. The van der Waals surface area contributed by atoms with Crippen molar-refractivity contribution < 1.29 is 4.39 Å². The quantitative estimate of drug-likeness (QED) is 0.733. The first-order valence-corrected chi connectivity index (χ1v) is 4.06. The van der Waals surface area contributed by atoms with Crippen molar-refractivity contribution in [2.75, 3.05) is 0 Å². The van der Waals surface area contributed by atoms with Gasteiger partial charge in [-0.25, -0.2) is 9.37 Å². The molecule has 1 aromatic carbocycles. The summed E-state index contributed by atoms with van der Waals surface area (Å²) in [5, 5.41) is 0. The Labute approximate surface area is 74.8 Å². The number of hydrogen-bond donors (Lipinski definition) is 2. The fraction of sp³-hybridized carbons (Fsp3) is 0.222. The van der Waals surface area contributed by atoms with E-state index in [4.69, 9.17) is 5.73 Å². The van der Waals surface area contributed by atoms with Crippen LogP contribution in [0.15, 0.2) is 18.5 Å². The molecule has 1 aromatic heterocycles. The van der Waals surface area contributed by atoms with Crippen LogP contribution in [-0.4, -0.2) is 9.97 Å². The van der Waals surface area contributed by atoms with E-state index in [2.05, 4.69) is 9.97 Å². The number of aromatic nitrogens is 2. The lowest BCUT2D eigenvalue weighted by Gasteiger charge is -2.01. The fourth-order valence-electron chi connectivity index (χ4n) is 1.42. The van der Waals surface area contributed by atoms with Crippen LogP contribution in [0.3, 0.4) is 0 Å². The minimum atomic E-state index is -0.470. The van der Waals surface area contributed by atoms with Crippen molar-refractivity contribution in [3.05, 3.63) is 29.6 Å². The normalized spacial score (nSPS) is 10.9. The van der Waals surface area contributed by atoms with Gasteiger partial charge in [0.05, 0.1) is 17.4 Å². The molecule has 1 heterocycles. The zero-order valence-electron chi connectivity index (χ0n) is 7.05. The molecule has 2 aromatic rings. The summed E-state index contributed by atoms with van der Waals surface area (Å²) in [4.78, 5) is 7.04. The van der Waals surface area contributed by atoms with E-state index in [0.717, 1.165) is 16.6 Å². The molecule has 68 valence electrons. The van der Waals surface area contributed by atoms with Crippen molar-refractivity contribution in [2.24, 2.45) is 5.73 Å². The highest BCUT2D eigenvalue weighted by atomic mass is 19.1. The van der Waals surface area contributed by atoms with Gasteiger partial charge in [0.2, 0.25) is 0 Å². The van der Waals surface area contributed by atoms with Gasteiger partial charge in [-0.1, -0.05) is 0 Å². The highest BCUT2D eigenvalue weighted by Crippen LogP contribution is 2.17. The molecule has 2 rings (SSSR count). The van der Waals surface area contributed by atoms with Gasteiger partial charge in [0.15, 0.2) is 0 Å². The Morgan fingerprint density at radius 3 is 3.00 bits per heavy atom. The summed E-state index contributed by atoms with van der Waals surface area (Å²) in [6.07, 6.45) is 1.59. The Balaban J connectivity index is 2.70. The zero-order chi connectivity index (χ0) is 9.26. The van der Waals surface area contributed by atoms with E-state index in [1.54, 1.807) is 18.5 Å². The van der Waals surface area contributed by atoms with Crippen LogP contribution < -0.4 is 5.73 Å². The summed E-state index contributed by atoms with van der Waals surface area (Å²) in [5.41, 5.74) is 8.72. The Morgan fingerprint density at radius 2 is 2.31 bits per heavy atom. The third-order valence-electron chi connectivity index (χ3n) is 2.04. The highest BCUT2D eigenvalue weighted by molar-refractivity contribution is 5.79. The lowest BCUT2D eigenvalue weighted by Crippen LogP contribution is -1.98. The maximum atomic E-state index is 12.4. The van der Waals surface area contributed by atoms with Crippen LogP contribution >= 0.6 is 0 Å². The molecule has 0 aliphatic heterocycles. The second-order valence-corrected chi connectivity index (χ2v) is 2.89. The standard InChI is InChI=1S/C9H10FN3/c10-3-6-1-7(4-11)9-8(2-6)12-5-13-9/h1-2,5H,3-4,11H2,(H,12,13). The number of nitrogens with zero attached hydrogens (tertiary/aromatic N) is 1. The number of fused-ring (bicyclic) bond motifs is 1. The van der Waals surface area contributed by atoms with Gasteiger partial charge in [0, 0.05) is 6.54 Å². The number of hydrogen-bond acceptors (Lipinski definition) is 2. The van der Waals surface area contributed by atoms with Gasteiger partial charge in [-0.15, -0.1) is 0 Å². The van der Waals surface area contributed by atoms with Gasteiger partial charge >= 0.3 is 0 Å². The number of aromatic amines is 1. The van der Waals surface area contributed by atoms with Crippen molar-refractivity contribution in [3.8, 4) is 0 Å². The van der Waals surface area contributed by atoms with Crippen molar-refractivity contribution in [2.45, 2.75) is 13.2 Å². The molecule has 0 fully saturated rings. The lowest BCUT2D eigenvalue weighted by molar-refractivity contribution is 0.485. The Hall–Kier alpha value is -1.42. The molecule has 4 heteroatoms. The van der Waals surface area contributed by atoms with Crippen LogP contribution in [0.2, 0.25) is 0 Å². The van der Waals surface area contributed by atoms with E-state index in [1.165, 1.54) is 0 Å². The van der Waals surface area contributed by atoms with Gasteiger partial charge in [-0.05, 0) is 23.3 Å². The molecule has 0 aliphatic carbocycles. The lowest BCUT2D eigenvalue weighted by atomic mass is 10.1. The molecule has 13 heavy (non-hydrogen) atoms. The van der Waals surface area contributed by atoms with Crippen LogP contribution in [0.4, 0.5) is 4.39 Å². The molecule has 0 atom stereocenters. The van der Waals surface area contributed by atoms with E-state index in [0.29, 0.717) is 12.1 Å². The number of imidazole rings is 1. The largest absolute Gasteiger partial charge is 0.345 e. The monoisotopic (exact) mass is 179 g/mol. The summed E-state index contributed by atoms with van der Waals surface area (Å²) in [5.74, 6) is 0. The second-order valence-electron chi connectivity index (χ2n) is 2.89. The van der Waals surface area contributed by atoms with Crippen LogP contribution in [0, 0.1) is 0 Å². The maximum Gasteiger partial charge on any atom is 0.115 e. The molecular weight excluding hydrogens is 169 g/mol.